The molecule has 0 aliphatic heterocycles. The standard InChI is InChI=1S/C15H16OS/c1-12-4-2-3-5-14(12)10-15(16)7-6-13-8-9-17-11-13/h2-5,8-9,11H,6-7,10H2,1H3. The molecule has 0 saturated heterocycles. The van der Waals surface area contributed by atoms with Gasteiger partial charge in [0, 0.05) is 12.8 Å². The van der Waals surface area contributed by atoms with E-state index in [0.29, 0.717) is 18.6 Å². The van der Waals surface area contributed by atoms with Gasteiger partial charge in [-0.2, -0.15) is 11.3 Å². The molecule has 0 saturated carbocycles. The summed E-state index contributed by atoms with van der Waals surface area (Å²) in [6.07, 6.45) is 2.08. The quantitative estimate of drug-likeness (QED) is 0.782. The predicted octanol–water partition coefficient (Wildman–Crippen LogP) is 3.80. The maximum absolute atomic E-state index is 11.9. The number of carbonyl (C=O) groups excluding carboxylic acids is 1. The number of ketones is 1. The van der Waals surface area contributed by atoms with Gasteiger partial charge in [0.25, 0.3) is 0 Å². The van der Waals surface area contributed by atoms with E-state index in [-0.39, 0.29) is 0 Å². The molecule has 0 N–H and O–H groups in total. The molecule has 2 heteroatoms. The van der Waals surface area contributed by atoms with Crippen LogP contribution < -0.4 is 0 Å². The van der Waals surface area contributed by atoms with E-state index in [9.17, 15) is 4.79 Å². The number of hydrogen-bond acceptors (Lipinski definition) is 2. The Labute approximate surface area is 106 Å². The SMILES string of the molecule is Cc1ccccc1CC(=O)CCc1ccsc1. The second-order valence-electron chi connectivity index (χ2n) is 4.27. The lowest BCUT2D eigenvalue weighted by molar-refractivity contribution is -0.118. The van der Waals surface area contributed by atoms with Crippen LogP contribution in [-0.2, 0) is 17.6 Å². The second-order valence-corrected chi connectivity index (χ2v) is 5.05. The highest BCUT2D eigenvalue weighted by Crippen LogP contribution is 2.12. The van der Waals surface area contributed by atoms with Gasteiger partial charge >= 0.3 is 0 Å². The molecule has 0 unspecified atom stereocenters. The van der Waals surface area contributed by atoms with Crippen LogP contribution >= 0.6 is 11.3 Å². The van der Waals surface area contributed by atoms with Crippen molar-refractivity contribution in [2.45, 2.75) is 26.2 Å². The Morgan fingerprint density at radius 2 is 2.06 bits per heavy atom. The summed E-state index contributed by atoms with van der Waals surface area (Å²) in [4.78, 5) is 11.9. The minimum atomic E-state index is 0.325. The van der Waals surface area contributed by atoms with E-state index in [1.54, 1.807) is 11.3 Å². The summed E-state index contributed by atoms with van der Waals surface area (Å²) in [5, 5.41) is 4.17. The molecule has 2 rings (SSSR count). The van der Waals surface area contributed by atoms with Gasteiger partial charge in [-0.3, -0.25) is 4.79 Å². The molecule has 1 aromatic carbocycles. The number of carbonyl (C=O) groups is 1. The zero-order valence-corrected chi connectivity index (χ0v) is 10.8. The normalized spacial score (nSPS) is 10.4. The molecule has 17 heavy (non-hydrogen) atoms. The van der Waals surface area contributed by atoms with Crippen molar-refractivity contribution in [3.8, 4) is 0 Å². The van der Waals surface area contributed by atoms with Crippen molar-refractivity contribution < 1.29 is 4.79 Å². The third-order valence-corrected chi connectivity index (χ3v) is 3.65. The highest BCUT2D eigenvalue weighted by Gasteiger charge is 2.06. The van der Waals surface area contributed by atoms with E-state index in [0.717, 1.165) is 12.0 Å². The van der Waals surface area contributed by atoms with E-state index in [4.69, 9.17) is 0 Å². The summed E-state index contributed by atoms with van der Waals surface area (Å²) in [6, 6.07) is 10.2. The maximum atomic E-state index is 11.9. The number of rotatable bonds is 5. The minimum Gasteiger partial charge on any atom is -0.299 e. The van der Waals surface area contributed by atoms with Crippen LogP contribution in [0.25, 0.3) is 0 Å². The van der Waals surface area contributed by atoms with Crippen molar-refractivity contribution >= 4 is 17.1 Å². The highest BCUT2D eigenvalue weighted by atomic mass is 32.1. The molecule has 2 aromatic rings. The third kappa shape index (κ3) is 3.53. The van der Waals surface area contributed by atoms with E-state index in [1.165, 1.54) is 11.1 Å². The maximum Gasteiger partial charge on any atom is 0.137 e. The first-order valence-corrected chi connectivity index (χ1v) is 6.77. The zero-order chi connectivity index (χ0) is 12.1. The van der Waals surface area contributed by atoms with Crippen molar-refractivity contribution in [3.05, 3.63) is 57.8 Å². The fourth-order valence-corrected chi connectivity index (χ4v) is 2.53. The first kappa shape index (κ1) is 12.1. The third-order valence-electron chi connectivity index (χ3n) is 2.92. The Morgan fingerprint density at radius 1 is 1.24 bits per heavy atom. The number of benzene rings is 1. The molecule has 0 fully saturated rings. The largest absolute Gasteiger partial charge is 0.299 e. The first-order chi connectivity index (χ1) is 8.25. The summed E-state index contributed by atoms with van der Waals surface area (Å²) < 4.78 is 0. The lowest BCUT2D eigenvalue weighted by atomic mass is 10.0. The smallest absolute Gasteiger partial charge is 0.137 e. The van der Waals surface area contributed by atoms with Gasteiger partial charge in [-0.15, -0.1) is 0 Å². The van der Waals surface area contributed by atoms with E-state index in [1.807, 2.05) is 18.2 Å². The topological polar surface area (TPSA) is 17.1 Å². The van der Waals surface area contributed by atoms with Gasteiger partial charge in [0.05, 0.1) is 0 Å². The number of hydrogen-bond donors (Lipinski definition) is 0. The molecule has 88 valence electrons. The molecule has 0 aliphatic rings. The lowest BCUT2D eigenvalue weighted by Crippen LogP contribution is -2.05. The Balaban J connectivity index is 1.87. The fourth-order valence-electron chi connectivity index (χ4n) is 1.83. The molecule has 1 aromatic heterocycles. The molecule has 0 atom stereocenters. The Morgan fingerprint density at radius 3 is 2.76 bits per heavy atom. The number of thiophene rings is 1. The van der Waals surface area contributed by atoms with Gasteiger partial charge in [-0.1, -0.05) is 24.3 Å². The van der Waals surface area contributed by atoms with Crippen LogP contribution in [-0.4, -0.2) is 5.78 Å². The van der Waals surface area contributed by atoms with Crippen molar-refractivity contribution in [2.75, 3.05) is 0 Å². The predicted molar refractivity (Wildman–Crippen MR) is 72.5 cm³/mol. The molecule has 0 radical (unpaired) electrons. The van der Waals surface area contributed by atoms with Gasteiger partial charge in [-0.25, -0.2) is 0 Å². The van der Waals surface area contributed by atoms with Gasteiger partial charge in [0.1, 0.15) is 5.78 Å². The number of Topliss-reactive ketones (excluding diaryl/α,β-unsaturated/α-hetero) is 1. The molecule has 0 amide bonds. The first-order valence-electron chi connectivity index (χ1n) is 5.83. The minimum absolute atomic E-state index is 0.325. The molecule has 0 bridgehead atoms. The van der Waals surface area contributed by atoms with Crippen molar-refractivity contribution in [3.63, 3.8) is 0 Å². The van der Waals surface area contributed by atoms with Crippen LogP contribution in [0.4, 0.5) is 0 Å². The summed E-state index contributed by atoms with van der Waals surface area (Å²) in [5.74, 6) is 0.325. The zero-order valence-electron chi connectivity index (χ0n) is 9.98. The lowest BCUT2D eigenvalue weighted by Gasteiger charge is -2.04. The van der Waals surface area contributed by atoms with Crippen molar-refractivity contribution in [2.24, 2.45) is 0 Å². The molecule has 0 aliphatic carbocycles. The summed E-state index contributed by atoms with van der Waals surface area (Å²) in [7, 11) is 0. The van der Waals surface area contributed by atoms with Crippen molar-refractivity contribution in [1.29, 1.82) is 0 Å². The Kier molecular flexibility index (Phi) is 4.10. The highest BCUT2D eigenvalue weighted by molar-refractivity contribution is 7.07. The summed E-state index contributed by atoms with van der Waals surface area (Å²) in [5.41, 5.74) is 3.63. The Hall–Kier alpha value is -1.41. The van der Waals surface area contributed by atoms with Crippen LogP contribution in [0.1, 0.15) is 23.1 Å². The van der Waals surface area contributed by atoms with Gasteiger partial charge < -0.3 is 0 Å². The average molecular weight is 244 g/mol. The van der Waals surface area contributed by atoms with E-state index < -0.39 is 0 Å². The van der Waals surface area contributed by atoms with Gasteiger partial charge in [0.2, 0.25) is 0 Å². The molecular formula is C15H16OS. The van der Waals surface area contributed by atoms with E-state index >= 15 is 0 Å². The van der Waals surface area contributed by atoms with Crippen LogP contribution in [0.15, 0.2) is 41.1 Å². The average Bonchev–Trinajstić information content (AvgIpc) is 2.82. The van der Waals surface area contributed by atoms with Crippen molar-refractivity contribution in [1.82, 2.24) is 0 Å². The summed E-state index contributed by atoms with van der Waals surface area (Å²) >= 11 is 1.69. The second kappa shape index (κ2) is 5.78. The van der Waals surface area contributed by atoms with E-state index in [2.05, 4.69) is 29.8 Å². The molecule has 1 nitrogen and oxygen atoms in total. The van der Waals surface area contributed by atoms with Crippen LogP contribution in [0, 0.1) is 6.92 Å². The monoisotopic (exact) mass is 244 g/mol. The van der Waals surface area contributed by atoms with Crippen LogP contribution in [0.3, 0.4) is 0 Å². The molecular weight excluding hydrogens is 228 g/mol. The van der Waals surface area contributed by atoms with Gasteiger partial charge in [0.15, 0.2) is 0 Å². The van der Waals surface area contributed by atoms with Crippen LogP contribution in [0.2, 0.25) is 0 Å². The molecule has 1 heterocycles. The molecule has 0 spiro atoms. The fraction of sp³-hybridized carbons (Fsp3) is 0.267. The summed E-state index contributed by atoms with van der Waals surface area (Å²) in [6.45, 7) is 2.06. The van der Waals surface area contributed by atoms with Crippen LogP contribution in [0.5, 0.6) is 0 Å². The Bertz CT molecular complexity index is 485. The van der Waals surface area contributed by atoms with Gasteiger partial charge in [-0.05, 0) is 46.9 Å². The number of aryl methyl sites for hydroxylation is 2.